The van der Waals surface area contributed by atoms with Crippen molar-refractivity contribution in [3.63, 3.8) is 0 Å². The van der Waals surface area contributed by atoms with Crippen molar-refractivity contribution in [3.8, 4) is 5.75 Å². The van der Waals surface area contributed by atoms with E-state index in [1.54, 1.807) is 24.7 Å². The van der Waals surface area contributed by atoms with Crippen LogP contribution in [0.25, 0.3) is 10.9 Å². The van der Waals surface area contributed by atoms with Crippen molar-refractivity contribution in [2.45, 2.75) is 45.7 Å². The lowest BCUT2D eigenvalue weighted by Gasteiger charge is -2.36. The highest BCUT2D eigenvalue weighted by molar-refractivity contribution is 5.77. The minimum atomic E-state index is -0.272. The van der Waals surface area contributed by atoms with Gasteiger partial charge < -0.3 is 14.4 Å². The molecule has 0 spiro atoms. The summed E-state index contributed by atoms with van der Waals surface area (Å²) in [6, 6.07) is 15.3. The Morgan fingerprint density at radius 3 is 2.34 bits per heavy atom. The van der Waals surface area contributed by atoms with Crippen LogP contribution in [0, 0.1) is 0 Å². The van der Waals surface area contributed by atoms with Crippen molar-refractivity contribution < 1.29 is 14.3 Å². The Morgan fingerprint density at radius 2 is 1.58 bits per heavy atom. The number of methoxy groups -OCH3 is 1. The third-order valence-electron chi connectivity index (χ3n) is 7.14. The van der Waals surface area contributed by atoms with Gasteiger partial charge in [-0.3, -0.25) is 23.6 Å². The number of hydrogen-bond acceptors (Lipinski definition) is 7. The Hall–Kier alpha value is -3.59. The lowest BCUT2D eigenvalue weighted by molar-refractivity contribution is -0.143. The number of carbonyl (C=O) groups excluding carboxylic acids is 1. The fourth-order valence-corrected chi connectivity index (χ4v) is 5.08. The van der Waals surface area contributed by atoms with E-state index in [2.05, 4.69) is 15.9 Å². The van der Waals surface area contributed by atoms with Crippen LogP contribution in [-0.2, 0) is 22.6 Å². The first kappa shape index (κ1) is 27.4. The lowest BCUT2D eigenvalue weighted by atomic mass is 10.2. The molecule has 9 nitrogen and oxygen atoms in total. The predicted molar refractivity (Wildman–Crippen MR) is 149 cm³/mol. The number of nitrogens with zero attached hydrogens (tertiary/aromatic N) is 4. The molecule has 1 fully saturated rings. The molecule has 4 rings (SSSR count). The van der Waals surface area contributed by atoms with Gasteiger partial charge in [-0.05, 0) is 44.0 Å². The average Bonchev–Trinajstić information content (AvgIpc) is 2.95. The molecule has 2 aromatic carbocycles. The Bertz CT molecular complexity index is 1340. The molecule has 1 aliphatic heterocycles. The molecule has 0 unspecified atom stereocenters. The molecule has 0 aliphatic carbocycles. The molecule has 1 aliphatic rings. The molecule has 38 heavy (non-hydrogen) atoms. The first-order chi connectivity index (χ1) is 18.5. The van der Waals surface area contributed by atoms with E-state index >= 15 is 0 Å². The number of benzene rings is 2. The second-order valence-corrected chi connectivity index (χ2v) is 9.52. The Labute approximate surface area is 223 Å². The van der Waals surface area contributed by atoms with Crippen molar-refractivity contribution in [1.29, 1.82) is 0 Å². The SMILES string of the molecule is CCOC(=O)CCCCCn1c(=O)n(CCN2CCN(c3ccccc3OC)CC2)c(=O)c2ccccc21. The van der Waals surface area contributed by atoms with E-state index in [0.717, 1.165) is 50.5 Å². The van der Waals surface area contributed by atoms with E-state index in [4.69, 9.17) is 9.47 Å². The summed E-state index contributed by atoms with van der Waals surface area (Å²) in [5.41, 5.74) is 1.24. The summed E-state index contributed by atoms with van der Waals surface area (Å²) in [7, 11) is 1.69. The molecule has 0 amide bonds. The summed E-state index contributed by atoms with van der Waals surface area (Å²) in [5, 5.41) is 0.555. The lowest BCUT2D eigenvalue weighted by Crippen LogP contribution is -2.49. The second-order valence-electron chi connectivity index (χ2n) is 9.52. The van der Waals surface area contributed by atoms with Gasteiger partial charge in [0.05, 0.1) is 30.3 Å². The first-order valence-electron chi connectivity index (χ1n) is 13.5. The zero-order valence-corrected chi connectivity index (χ0v) is 22.4. The van der Waals surface area contributed by atoms with E-state index in [0.29, 0.717) is 50.0 Å². The van der Waals surface area contributed by atoms with Crippen LogP contribution in [0.3, 0.4) is 0 Å². The minimum absolute atomic E-state index is 0.188. The van der Waals surface area contributed by atoms with E-state index in [1.165, 1.54) is 4.57 Å². The van der Waals surface area contributed by atoms with Crippen molar-refractivity contribution in [2.75, 3.05) is 51.3 Å². The number of piperazine rings is 1. The Kier molecular flexibility index (Phi) is 9.59. The molecule has 0 bridgehead atoms. The fourth-order valence-electron chi connectivity index (χ4n) is 5.08. The zero-order chi connectivity index (χ0) is 26.9. The monoisotopic (exact) mass is 522 g/mol. The second kappa shape index (κ2) is 13.3. The number of rotatable bonds is 12. The number of carbonyl (C=O) groups is 1. The van der Waals surface area contributed by atoms with Gasteiger partial charge in [0.25, 0.3) is 5.56 Å². The highest BCUT2D eigenvalue weighted by Crippen LogP contribution is 2.28. The molecule has 1 aromatic heterocycles. The van der Waals surface area contributed by atoms with Gasteiger partial charge in [-0.25, -0.2) is 4.79 Å². The van der Waals surface area contributed by atoms with Gasteiger partial charge in [-0.2, -0.15) is 0 Å². The maximum Gasteiger partial charge on any atom is 0.331 e. The predicted octanol–water partition coefficient (Wildman–Crippen LogP) is 3.12. The minimum Gasteiger partial charge on any atom is -0.495 e. The summed E-state index contributed by atoms with van der Waals surface area (Å²) in [6.45, 7) is 7.05. The van der Waals surface area contributed by atoms with Crippen LogP contribution in [0.15, 0.2) is 58.1 Å². The van der Waals surface area contributed by atoms with Crippen molar-refractivity contribution in [2.24, 2.45) is 0 Å². The maximum atomic E-state index is 13.5. The van der Waals surface area contributed by atoms with Gasteiger partial charge >= 0.3 is 11.7 Å². The Morgan fingerprint density at radius 1 is 0.842 bits per heavy atom. The van der Waals surface area contributed by atoms with Crippen LogP contribution in [0.2, 0.25) is 0 Å². The summed E-state index contributed by atoms with van der Waals surface area (Å²) < 4.78 is 13.6. The molecule has 9 heteroatoms. The summed E-state index contributed by atoms with van der Waals surface area (Å²) in [6.07, 6.45) is 2.64. The van der Waals surface area contributed by atoms with Crippen molar-refractivity contribution in [1.82, 2.24) is 14.0 Å². The molecule has 0 atom stereocenters. The van der Waals surface area contributed by atoms with Crippen LogP contribution in [-0.4, -0.2) is 66.4 Å². The number of ether oxygens (including phenoxy) is 2. The van der Waals surface area contributed by atoms with Crippen LogP contribution >= 0.6 is 0 Å². The third-order valence-corrected chi connectivity index (χ3v) is 7.14. The number of aromatic nitrogens is 2. The summed E-state index contributed by atoms with van der Waals surface area (Å²) in [5.74, 6) is 0.678. The summed E-state index contributed by atoms with van der Waals surface area (Å²) >= 11 is 0. The van der Waals surface area contributed by atoms with Crippen LogP contribution in [0.4, 0.5) is 5.69 Å². The zero-order valence-electron chi connectivity index (χ0n) is 22.4. The van der Waals surface area contributed by atoms with E-state index < -0.39 is 0 Å². The van der Waals surface area contributed by atoms with Crippen LogP contribution in [0.5, 0.6) is 5.75 Å². The molecule has 1 saturated heterocycles. The molecule has 0 radical (unpaired) electrons. The Balaban J connectivity index is 1.41. The highest BCUT2D eigenvalue weighted by atomic mass is 16.5. The number of para-hydroxylation sites is 3. The number of esters is 1. The number of anilines is 1. The van der Waals surface area contributed by atoms with Crippen molar-refractivity contribution >= 4 is 22.6 Å². The highest BCUT2D eigenvalue weighted by Gasteiger charge is 2.20. The fraction of sp³-hybridized carbons (Fsp3) is 0.483. The van der Waals surface area contributed by atoms with Gasteiger partial charge in [0.2, 0.25) is 0 Å². The van der Waals surface area contributed by atoms with Gasteiger partial charge in [-0.1, -0.05) is 30.7 Å². The van der Waals surface area contributed by atoms with Crippen LogP contribution < -0.4 is 20.9 Å². The molecular formula is C29H38N4O5. The number of hydrogen-bond donors (Lipinski definition) is 0. The smallest absolute Gasteiger partial charge is 0.331 e. The van der Waals surface area contributed by atoms with E-state index in [9.17, 15) is 14.4 Å². The normalized spacial score (nSPS) is 14.1. The van der Waals surface area contributed by atoms with Crippen LogP contribution in [0.1, 0.15) is 32.6 Å². The molecule has 2 heterocycles. The average molecular weight is 523 g/mol. The van der Waals surface area contributed by atoms with E-state index in [-0.39, 0.29) is 17.2 Å². The number of fused-ring (bicyclic) bond motifs is 1. The van der Waals surface area contributed by atoms with E-state index in [1.807, 2.05) is 36.4 Å². The molecule has 204 valence electrons. The standard InChI is InChI=1S/C29H38N4O5/c1-3-38-27(34)15-5-4-10-16-32-24-12-7-6-11-23(24)28(35)33(29(32)36)22-19-30-17-20-31(21-18-30)25-13-8-9-14-26(25)37-2/h6-9,11-14H,3-5,10,15-22H2,1-2H3. The van der Waals surface area contributed by atoms with Gasteiger partial charge in [0.15, 0.2) is 0 Å². The number of aryl methyl sites for hydroxylation is 1. The third kappa shape index (κ3) is 6.45. The number of unbranched alkanes of at least 4 members (excludes halogenated alkanes) is 2. The van der Waals surface area contributed by atoms with Crippen molar-refractivity contribution in [3.05, 3.63) is 69.4 Å². The largest absolute Gasteiger partial charge is 0.495 e. The molecule has 3 aromatic rings. The molecular weight excluding hydrogens is 484 g/mol. The van der Waals surface area contributed by atoms with Gasteiger partial charge in [0, 0.05) is 52.2 Å². The molecule has 0 saturated carbocycles. The molecule has 0 N–H and O–H groups in total. The van der Waals surface area contributed by atoms with Gasteiger partial charge in [0.1, 0.15) is 5.75 Å². The topological polar surface area (TPSA) is 86.0 Å². The summed E-state index contributed by atoms with van der Waals surface area (Å²) in [4.78, 5) is 42.9. The quantitative estimate of drug-likeness (QED) is 0.267. The maximum absolute atomic E-state index is 13.5. The first-order valence-corrected chi connectivity index (χ1v) is 13.5. The van der Waals surface area contributed by atoms with Gasteiger partial charge in [-0.15, -0.1) is 0 Å².